The maximum atomic E-state index is 12.5. The molecule has 0 fully saturated rings. The number of Topliss-reactive ketones (excluding diaryl/α,β-unsaturated/α-hetero) is 1. The summed E-state index contributed by atoms with van der Waals surface area (Å²) in [5.74, 6) is -0.577. The molecular weight excluding hydrogens is 358 g/mol. The van der Waals surface area contributed by atoms with E-state index in [0.717, 1.165) is 22.9 Å². The zero-order valence-electron chi connectivity index (χ0n) is 15.1. The molecule has 1 aromatic carbocycles. The van der Waals surface area contributed by atoms with Crippen molar-refractivity contribution in [3.05, 3.63) is 72.2 Å². The summed E-state index contributed by atoms with van der Waals surface area (Å²) in [6.45, 7) is 1.69. The lowest BCUT2D eigenvalue weighted by atomic mass is 10.1. The molecule has 0 aliphatic heterocycles. The van der Waals surface area contributed by atoms with Crippen molar-refractivity contribution < 1.29 is 14.3 Å². The maximum Gasteiger partial charge on any atom is 0.358 e. The molecule has 0 spiro atoms. The number of para-hydroxylation sites is 1. The molecule has 0 aliphatic rings. The standard InChI is InChI=1S/C20H17N5O3/c1-2-13-5-3-6-14-15(9-23-18(13)14)17(26)11-28-19(27)16-10-25(12-24-16)20-21-7-4-8-22-20/h3-10,12,23H,2,11H2,1H3. The van der Waals surface area contributed by atoms with E-state index in [0.29, 0.717) is 11.5 Å². The molecule has 0 aliphatic carbocycles. The number of rotatable bonds is 6. The third-order valence-corrected chi connectivity index (χ3v) is 4.39. The third-order valence-electron chi connectivity index (χ3n) is 4.39. The summed E-state index contributed by atoms with van der Waals surface area (Å²) in [6, 6.07) is 7.49. The second-order valence-corrected chi connectivity index (χ2v) is 6.11. The SMILES string of the molecule is CCc1cccc2c(C(=O)COC(=O)c3cn(-c4ncccn4)cn3)c[nH]c12. The molecule has 140 valence electrons. The number of nitrogens with one attached hydrogen (secondary N) is 1. The Morgan fingerprint density at radius 2 is 1.96 bits per heavy atom. The minimum Gasteiger partial charge on any atom is -0.453 e. The normalized spacial score (nSPS) is 10.9. The zero-order chi connectivity index (χ0) is 19.5. The highest BCUT2D eigenvalue weighted by Crippen LogP contribution is 2.22. The number of nitrogens with zero attached hydrogens (tertiary/aromatic N) is 4. The maximum absolute atomic E-state index is 12.5. The van der Waals surface area contributed by atoms with E-state index in [1.807, 2.05) is 18.2 Å². The van der Waals surface area contributed by atoms with Crippen LogP contribution in [-0.2, 0) is 11.2 Å². The molecule has 0 saturated carbocycles. The number of aromatic amines is 1. The summed E-state index contributed by atoms with van der Waals surface area (Å²) in [5, 5.41) is 0.825. The Labute approximate surface area is 160 Å². The average Bonchev–Trinajstić information content (AvgIpc) is 3.39. The minimum atomic E-state index is -0.683. The van der Waals surface area contributed by atoms with Gasteiger partial charge in [0.15, 0.2) is 12.3 Å². The number of aryl methyl sites for hydroxylation is 1. The van der Waals surface area contributed by atoms with Gasteiger partial charge in [-0.1, -0.05) is 25.1 Å². The molecule has 0 atom stereocenters. The van der Waals surface area contributed by atoms with Crippen LogP contribution in [-0.4, -0.2) is 42.9 Å². The molecule has 0 amide bonds. The number of hydrogen-bond donors (Lipinski definition) is 1. The fourth-order valence-corrected chi connectivity index (χ4v) is 2.99. The van der Waals surface area contributed by atoms with Gasteiger partial charge < -0.3 is 9.72 Å². The predicted molar refractivity (Wildman–Crippen MR) is 101 cm³/mol. The van der Waals surface area contributed by atoms with E-state index in [4.69, 9.17) is 4.74 Å². The van der Waals surface area contributed by atoms with Crippen LogP contribution < -0.4 is 0 Å². The number of esters is 1. The first-order chi connectivity index (χ1) is 13.7. The second-order valence-electron chi connectivity index (χ2n) is 6.11. The van der Waals surface area contributed by atoms with Gasteiger partial charge in [0.05, 0.1) is 0 Å². The molecule has 4 rings (SSSR count). The van der Waals surface area contributed by atoms with Gasteiger partial charge in [-0.15, -0.1) is 0 Å². The summed E-state index contributed by atoms with van der Waals surface area (Å²) in [4.78, 5) is 40.1. The summed E-state index contributed by atoms with van der Waals surface area (Å²) >= 11 is 0. The first-order valence-electron chi connectivity index (χ1n) is 8.78. The molecule has 8 heteroatoms. The van der Waals surface area contributed by atoms with E-state index < -0.39 is 5.97 Å². The zero-order valence-corrected chi connectivity index (χ0v) is 15.1. The van der Waals surface area contributed by atoms with Crippen molar-refractivity contribution in [3.8, 4) is 5.95 Å². The first-order valence-corrected chi connectivity index (χ1v) is 8.78. The number of aromatic nitrogens is 5. The van der Waals surface area contributed by atoms with E-state index in [9.17, 15) is 9.59 Å². The average molecular weight is 375 g/mol. The number of carbonyl (C=O) groups is 2. The molecule has 0 saturated heterocycles. The fraction of sp³-hybridized carbons (Fsp3) is 0.150. The van der Waals surface area contributed by atoms with E-state index in [1.165, 1.54) is 17.1 Å². The summed E-state index contributed by atoms with van der Waals surface area (Å²) < 4.78 is 6.65. The fourth-order valence-electron chi connectivity index (χ4n) is 2.99. The van der Waals surface area contributed by atoms with Crippen molar-refractivity contribution in [1.29, 1.82) is 0 Å². The van der Waals surface area contributed by atoms with Crippen LogP contribution in [0.2, 0.25) is 0 Å². The predicted octanol–water partition coefficient (Wildman–Crippen LogP) is 2.75. The highest BCUT2D eigenvalue weighted by atomic mass is 16.5. The van der Waals surface area contributed by atoms with Crippen molar-refractivity contribution in [2.24, 2.45) is 0 Å². The lowest BCUT2D eigenvalue weighted by Crippen LogP contribution is -2.14. The molecule has 8 nitrogen and oxygen atoms in total. The van der Waals surface area contributed by atoms with Crippen molar-refractivity contribution in [2.45, 2.75) is 13.3 Å². The van der Waals surface area contributed by atoms with Gasteiger partial charge in [0.2, 0.25) is 11.7 Å². The van der Waals surface area contributed by atoms with Gasteiger partial charge in [-0.05, 0) is 18.1 Å². The Bertz CT molecular complexity index is 1150. The molecule has 0 radical (unpaired) electrons. The third kappa shape index (κ3) is 3.27. The number of imidazole rings is 1. The topological polar surface area (TPSA) is 103 Å². The van der Waals surface area contributed by atoms with Crippen LogP contribution in [0.3, 0.4) is 0 Å². The van der Waals surface area contributed by atoms with Gasteiger partial charge in [-0.25, -0.2) is 19.7 Å². The number of ketones is 1. The van der Waals surface area contributed by atoms with Crippen molar-refractivity contribution in [1.82, 2.24) is 24.5 Å². The van der Waals surface area contributed by atoms with Gasteiger partial charge in [0.25, 0.3) is 0 Å². The lowest BCUT2D eigenvalue weighted by molar-refractivity contribution is 0.0470. The number of benzene rings is 1. The Kier molecular flexibility index (Phi) is 4.67. The molecule has 1 N–H and O–H groups in total. The Morgan fingerprint density at radius 1 is 1.14 bits per heavy atom. The van der Waals surface area contributed by atoms with Gasteiger partial charge in [-0.2, -0.15) is 0 Å². The summed E-state index contributed by atoms with van der Waals surface area (Å²) in [7, 11) is 0. The van der Waals surface area contributed by atoms with Gasteiger partial charge in [0.1, 0.15) is 6.33 Å². The Morgan fingerprint density at radius 3 is 2.75 bits per heavy atom. The molecule has 0 unspecified atom stereocenters. The van der Waals surface area contributed by atoms with Crippen molar-refractivity contribution >= 4 is 22.7 Å². The van der Waals surface area contributed by atoms with Gasteiger partial charge >= 0.3 is 5.97 Å². The van der Waals surface area contributed by atoms with E-state index in [-0.39, 0.29) is 18.1 Å². The molecule has 3 aromatic heterocycles. The van der Waals surface area contributed by atoms with Crippen molar-refractivity contribution in [2.75, 3.05) is 6.61 Å². The molecule has 4 aromatic rings. The smallest absolute Gasteiger partial charge is 0.358 e. The summed E-state index contributed by atoms with van der Waals surface area (Å²) in [5.41, 5.74) is 2.64. The number of ether oxygens (including phenoxy) is 1. The van der Waals surface area contributed by atoms with E-state index in [1.54, 1.807) is 24.7 Å². The van der Waals surface area contributed by atoms with Crippen LogP contribution in [0.5, 0.6) is 0 Å². The highest BCUT2D eigenvalue weighted by molar-refractivity contribution is 6.09. The van der Waals surface area contributed by atoms with Crippen LogP contribution in [0, 0.1) is 0 Å². The molecule has 28 heavy (non-hydrogen) atoms. The molecule has 0 bridgehead atoms. The number of carbonyl (C=O) groups excluding carboxylic acids is 2. The number of H-pyrrole nitrogens is 1. The number of hydrogen-bond acceptors (Lipinski definition) is 6. The molecular formula is C20H17N5O3. The largest absolute Gasteiger partial charge is 0.453 e. The van der Waals surface area contributed by atoms with Crippen LogP contribution in [0.4, 0.5) is 0 Å². The summed E-state index contributed by atoms with van der Waals surface area (Å²) in [6.07, 6.45) is 8.56. The Hall–Kier alpha value is -3.81. The van der Waals surface area contributed by atoms with E-state index in [2.05, 4.69) is 26.9 Å². The highest BCUT2D eigenvalue weighted by Gasteiger charge is 2.18. The van der Waals surface area contributed by atoms with E-state index >= 15 is 0 Å². The molecule has 3 heterocycles. The quantitative estimate of drug-likeness (QED) is 0.411. The minimum absolute atomic E-state index is 0.0763. The van der Waals surface area contributed by atoms with Crippen LogP contribution in [0.25, 0.3) is 16.9 Å². The van der Waals surface area contributed by atoms with Gasteiger partial charge in [0, 0.05) is 41.3 Å². The number of fused-ring (bicyclic) bond motifs is 1. The first kappa shape index (κ1) is 17.6. The van der Waals surface area contributed by atoms with Crippen LogP contribution in [0.1, 0.15) is 33.3 Å². The lowest BCUT2D eigenvalue weighted by Gasteiger charge is -2.03. The second kappa shape index (κ2) is 7.43. The van der Waals surface area contributed by atoms with Crippen LogP contribution >= 0.6 is 0 Å². The Balaban J connectivity index is 1.46. The monoisotopic (exact) mass is 375 g/mol. The van der Waals surface area contributed by atoms with Crippen molar-refractivity contribution in [3.63, 3.8) is 0 Å². The van der Waals surface area contributed by atoms with Gasteiger partial charge in [-0.3, -0.25) is 9.36 Å². The van der Waals surface area contributed by atoms with Crippen LogP contribution in [0.15, 0.2) is 55.4 Å².